The Labute approximate surface area is 94.8 Å². The Morgan fingerprint density at radius 1 is 1.47 bits per heavy atom. The molecule has 1 aromatic heterocycles. The van der Waals surface area contributed by atoms with Crippen LogP contribution < -0.4 is 10.1 Å². The van der Waals surface area contributed by atoms with Gasteiger partial charge in [-0.2, -0.15) is 0 Å². The molecule has 4 nitrogen and oxygen atoms in total. The van der Waals surface area contributed by atoms with Crippen molar-refractivity contribution >= 4 is 17.6 Å². The lowest BCUT2D eigenvalue weighted by Gasteiger charge is -2.10. The summed E-state index contributed by atoms with van der Waals surface area (Å²) in [5, 5.41) is 3.90. The molecule has 1 aromatic rings. The fraction of sp³-hybridized carbons (Fsp3) is 0.600. The first-order chi connectivity index (χ1) is 7.33. The van der Waals surface area contributed by atoms with E-state index in [9.17, 15) is 0 Å². The third-order valence-electron chi connectivity index (χ3n) is 1.95. The van der Waals surface area contributed by atoms with E-state index in [0.717, 1.165) is 22.3 Å². The van der Waals surface area contributed by atoms with Gasteiger partial charge in [0, 0.05) is 7.05 Å². The van der Waals surface area contributed by atoms with Crippen molar-refractivity contribution in [2.75, 3.05) is 25.2 Å². The summed E-state index contributed by atoms with van der Waals surface area (Å²) in [6, 6.07) is 0. The van der Waals surface area contributed by atoms with Crippen molar-refractivity contribution in [3.8, 4) is 5.75 Å². The van der Waals surface area contributed by atoms with Crippen LogP contribution in [0.15, 0.2) is 11.4 Å². The summed E-state index contributed by atoms with van der Waals surface area (Å²) in [5.41, 5.74) is 0. The molecule has 5 heteroatoms. The smallest absolute Gasteiger partial charge is 0.193 e. The second-order valence-corrected chi connectivity index (χ2v) is 4.10. The molecule has 0 radical (unpaired) electrons. The maximum Gasteiger partial charge on any atom is 0.193 e. The van der Waals surface area contributed by atoms with Crippen LogP contribution in [0, 0.1) is 0 Å². The van der Waals surface area contributed by atoms with Gasteiger partial charge in [-0.25, -0.2) is 9.97 Å². The maximum atomic E-state index is 5.29. The first-order valence-electron chi connectivity index (χ1n) is 5.03. The van der Waals surface area contributed by atoms with Crippen molar-refractivity contribution in [2.24, 2.45) is 0 Å². The van der Waals surface area contributed by atoms with Gasteiger partial charge in [-0.05, 0) is 12.2 Å². The molecule has 0 aromatic carbocycles. The molecule has 0 aliphatic rings. The molecule has 1 N–H and O–H groups in total. The zero-order chi connectivity index (χ0) is 11.1. The van der Waals surface area contributed by atoms with Crippen LogP contribution in [0.2, 0.25) is 0 Å². The van der Waals surface area contributed by atoms with E-state index >= 15 is 0 Å². The van der Waals surface area contributed by atoms with E-state index in [1.165, 1.54) is 12.8 Å². The molecule has 0 saturated carbocycles. The lowest BCUT2D eigenvalue weighted by atomic mass is 10.4. The van der Waals surface area contributed by atoms with Gasteiger partial charge in [0.25, 0.3) is 0 Å². The summed E-state index contributed by atoms with van der Waals surface area (Å²) in [7, 11) is 3.47. The van der Waals surface area contributed by atoms with E-state index in [1.54, 1.807) is 25.2 Å². The standard InChI is InChI=1S/C10H17N3OS/c1-4-5-6-15-10-8(14-3)9(11-2)12-7-13-10/h7H,4-6H2,1-3H3,(H,11,12,13). The van der Waals surface area contributed by atoms with Gasteiger partial charge in [-0.1, -0.05) is 13.3 Å². The molecule has 0 unspecified atom stereocenters. The largest absolute Gasteiger partial charge is 0.490 e. The van der Waals surface area contributed by atoms with E-state index in [4.69, 9.17) is 4.74 Å². The van der Waals surface area contributed by atoms with E-state index in [1.807, 2.05) is 7.05 Å². The summed E-state index contributed by atoms with van der Waals surface area (Å²) in [5.74, 6) is 2.54. The molecule has 15 heavy (non-hydrogen) atoms. The van der Waals surface area contributed by atoms with E-state index in [0.29, 0.717) is 0 Å². The Bertz CT molecular complexity index is 307. The van der Waals surface area contributed by atoms with Gasteiger partial charge in [-0.15, -0.1) is 11.8 Å². The first kappa shape index (κ1) is 12.1. The normalized spacial score (nSPS) is 10.1. The molecule has 1 heterocycles. The van der Waals surface area contributed by atoms with Gasteiger partial charge in [-0.3, -0.25) is 0 Å². The van der Waals surface area contributed by atoms with Crippen LogP contribution in [0.4, 0.5) is 5.82 Å². The van der Waals surface area contributed by atoms with Crippen molar-refractivity contribution in [2.45, 2.75) is 24.8 Å². The average Bonchev–Trinajstić information content (AvgIpc) is 2.29. The molecular formula is C10H17N3OS. The van der Waals surface area contributed by atoms with Crippen molar-refractivity contribution in [1.82, 2.24) is 9.97 Å². The Morgan fingerprint density at radius 2 is 2.27 bits per heavy atom. The van der Waals surface area contributed by atoms with Crippen LogP contribution in [-0.2, 0) is 0 Å². The number of ether oxygens (including phenoxy) is 1. The SMILES string of the molecule is CCCCSc1ncnc(NC)c1OC. The second kappa shape index (κ2) is 6.50. The van der Waals surface area contributed by atoms with Gasteiger partial charge in [0.2, 0.25) is 0 Å². The molecule has 0 spiro atoms. The molecule has 84 valence electrons. The number of aromatic nitrogens is 2. The monoisotopic (exact) mass is 227 g/mol. The van der Waals surface area contributed by atoms with E-state index in [-0.39, 0.29) is 0 Å². The highest BCUT2D eigenvalue weighted by atomic mass is 32.2. The Hall–Kier alpha value is -0.970. The van der Waals surface area contributed by atoms with Crippen molar-refractivity contribution in [3.05, 3.63) is 6.33 Å². The van der Waals surface area contributed by atoms with Gasteiger partial charge in [0.15, 0.2) is 11.6 Å². The van der Waals surface area contributed by atoms with E-state index in [2.05, 4.69) is 22.2 Å². The summed E-state index contributed by atoms with van der Waals surface area (Å²) in [6.45, 7) is 2.18. The number of hydrogen-bond acceptors (Lipinski definition) is 5. The highest BCUT2D eigenvalue weighted by Crippen LogP contribution is 2.32. The third kappa shape index (κ3) is 3.27. The Morgan fingerprint density at radius 3 is 2.87 bits per heavy atom. The summed E-state index contributed by atoms with van der Waals surface area (Å²) >= 11 is 1.71. The van der Waals surface area contributed by atoms with Crippen molar-refractivity contribution in [1.29, 1.82) is 0 Å². The van der Waals surface area contributed by atoms with Gasteiger partial charge in [0.1, 0.15) is 11.4 Å². The van der Waals surface area contributed by atoms with Gasteiger partial charge < -0.3 is 10.1 Å². The molecule has 0 saturated heterocycles. The Kier molecular flexibility index (Phi) is 5.25. The summed E-state index contributed by atoms with van der Waals surface area (Å²) in [4.78, 5) is 8.31. The number of nitrogens with zero attached hydrogens (tertiary/aromatic N) is 2. The fourth-order valence-electron chi connectivity index (χ4n) is 1.14. The predicted octanol–water partition coefficient (Wildman–Crippen LogP) is 2.42. The average molecular weight is 227 g/mol. The number of rotatable bonds is 6. The van der Waals surface area contributed by atoms with Crippen molar-refractivity contribution in [3.63, 3.8) is 0 Å². The Balaban J connectivity index is 2.76. The zero-order valence-corrected chi connectivity index (χ0v) is 10.2. The predicted molar refractivity (Wildman–Crippen MR) is 63.8 cm³/mol. The fourth-order valence-corrected chi connectivity index (χ4v) is 2.19. The van der Waals surface area contributed by atoms with E-state index < -0.39 is 0 Å². The summed E-state index contributed by atoms with van der Waals surface area (Å²) < 4.78 is 5.29. The van der Waals surface area contributed by atoms with Crippen LogP contribution >= 0.6 is 11.8 Å². The topological polar surface area (TPSA) is 47.0 Å². The lowest BCUT2D eigenvalue weighted by molar-refractivity contribution is 0.400. The minimum Gasteiger partial charge on any atom is -0.490 e. The minimum absolute atomic E-state index is 0.737. The van der Waals surface area contributed by atoms with Crippen LogP contribution in [-0.4, -0.2) is 29.9 Å². The number of thioether (sulfide) groups is 1. The molecule has 0 aliphatic heterocycles. The quantitative estimate of drug-likeness (QED) is 0.459. The number of unbranched alkanes of at least 4 members (excludes halogenated alkanes) is 1. The molecule has 0 aliphatic carbocycles. The molecule has 1 rings (SSSR count). The lowest BCUT2D eigenvalue weighted by Crippen LogP contribution is -2.00. The zero-order valence-electron chi connectivity index (χ0n) is 9.41. The number of nitrogens with one attached hydrogen (secondary N) is 1. The molecule has 0 amide bonds. The summed E-state index contributed by atoms with van der Waals surface area (Å²) in [6.07, 6.45) is 3.94. The van der Waals surface area contributed by atoms with Crippen LogP contribution in [0.1, 0.15) is 19.8 Å². The van der Waals surface area contributed by atoms with Gasteiger partial charge >= 0.3 is 0 Å². The molecular weight excluding hydrogens is 210 g/mol. The van der Waals surface area contributed by atoms with Crippen molar-refractivity contribution < 1.29 is 4.74 Å². The minimum atomic E-state index is 0.737. The van der Waals surface area contributed by atoms with Crippen LogP contribution in [0.5, 0.6) is 5.75 Å². The highest BCUT2D eigenvalue weighted by molar-refractivity contribution is 7.99. The van der Waals surface area contributed by atoms with Gasteiger partial charge in [0.05, 0.1) is 7.11 Å². The molecule has 0 bridgehead atoms. The van der Waals surface area contributed by atoms with Crippen LogP contribution in [0.3, 0.4) is 0 Å². The highest BCUT2D eigenvalue weighted by Gasteiger charge is 2.10. The maximum absolute atomic E-state index is 5.29. The third-order valence-corrected chi connectivity index (χ3v) is 3.01. The molecule has 0 fully saturated rings. The first-order valence-corrected chi connectivity index (χ1v) is 6.01. The number of anilines is 1. The number of methoxy groups -OCH3 is 1. The second-order valence-electron chi connectivity index (χ2n) is 3.01. The van der Waals surface area contributed by atoms with Crippen LogP contribution in [0.25, 0.3) is 0 Å². The number of hydrogen-bond donors (Lipinski definition) is 1. The molecule has 0 atom stereocenters.